The predicted molar refractivity (Wildman–Crippen MR) is 95.6 cm³/mol. The summed E-state index contributed by atoms with van der Waals surface area (Å²) in [6.07, 6.45) is 2.59. The maximum Gasteiger partial charge on any atom is 0.311 e. The van der Waals surface area contributed by atoms with Crippen LogP contribution in [0.25, 0.3) is 0 Å². The van der Waals surface area contributed by atoms with E-state index >= 15 is 0 Å². The summed E-state index contributed by atoms with van der Waals surface area (Å²) in [6.45, 7) is 4.74. The smallest absolute Gasteiger partial charge is 0.311 e. The molecule has 2 heterocycles. The standard InChI is InChI=1S/C20H23F3N2O3/c1-3-8-25-17(26)11-14(19(27)28-2)20(25)6-9-24(10-7-20)12-13-15(21)4-5-16(22)18(13)23/h3-5,14H,1,6-12H2,2H3. The van der Waals surface area contributed by atoms with Crippen LogP contribution in [0.4, 0.5) is 13.2 Å². The first kappa shape index (κ1) is 20.4. The molecule has 0 saturated carbocycles. The molecule has 0 bridgehead atoms. The minimum Gasteiger partial charge on any atom is -0.469 e. The van der Waals surface area contributed by atoms with Crippen LogP contribution in [0.3, 0.4) is 0 Å². The molecule has 2 aliphatic heterocycles. The van der Waals surface area contributed by atoms with E-state index in [9.17, 15) is 22.8 Å². The van der Waals surface area contributed by atoms with Gasteiger partial charge in [0, 0.05) is 38.2 Å². The molecule has 1 amide bonds. The molecule has 0 radical (unpaired) electrons. The SMILES string of the molecule is C=CCN1C(=O)CC(C(=O)OC)C12CCN(Cc1c(F)ccc(F)c1F)CC2. The number of likely N-dealkylation sites (tertiary alicyclic amines) is 2. The Balaban J connectivity index is 1.80. The summed E-state index contributed by atoms with van der Waals surface area (Å²) in [4.78, 5) is 28.3. The highest BCUT2D eigenvalue weighted by molar-refractivity contribution is 5.89. The van der Waals surface area contributed by atoms with E-state index in [1.807, 2.05) is 0 Å². The number of nitrogens with zero attached hydrogens (tertiary/aromatic N) is 2. The van der Waals surface area contributed by atoms with Gasteiger partial charge in [-0.05, 0) is 25.0 Å². The first-order valence-corrected chi connectivity index (χ1v) is 9.18. The monoisotopic (exact) mass is 396 g/mol. The van der Waals surface area contributed by atoms with E-state index in [1.165, 1.54) is 7.11 Å². The van der Waals surface area contributed by atoms with Crippen molar-refractivity contribution in [3.05, 3.63) is 47.8 Å². The van der Waals surface area contributed by atoms with Crippen LogP contribution in [0.1, 0.15) is 24.8 Å². The number of amides is 1. The summed E-state index contributed by atoms with van der Waals surface area (Å²) in [7, 11) is 1.29. The van der Waals surface area contributed by atoms with Crippen molar-refractivity contribution in [1.29, 1.82) is 0 Å². The molecule has 0 aromatic heterocycles. The van der Waals surface area contributed by atoms with Crippen molar-refractivity contribution in [2.24, 2.45) is 5.92 Å². The van der Waals surface area contributed by atoms with Gasteiger partial charge in [-0.15, -0.1) is 6.58 Å². The van der Waals surface area contributed by atoms with Gasteiger partial charge in [-0.25, -0.2) is 13.2 Å². The van der Waals surface area contributed by atoms with Crippen LogP contribution in [0.2, 0.25) is 0 Å². The molecular weight excluding hydrogens is 373 g/mol. The van der Waals surface area contributed by atoms with Gasteiger partial charge < -0.3 is 9.64 Å². The van der Waals surface area contributed by atoms with Gasteiger partial charge in [0.25, 0.3) is 0 Å². The highest BCUT2D eigenvalue weighted by Crippen LogP contribution is 2.44. The van der Waals surface area contributed by atoms with Gasteiger partial charge in [0.2, 0.25) is 5.91 Å². The van der Waals surface area contributed by atoms with E-state index in [2.05, 4.69) is 6.58 Å². The number of benzene rings is 1. The zero-order valence-electron chi connectivity index (χ0n) is 15.7. The van der Waals surface area contributed by atoms with Crippen LogP contribution in [0.5, 0.6) is 0 Å². The van der Waals surface area contributed by atoms with Crippen molar-refractivity contribution in [1.82, 2.24) is 9.80 Å². The van der Waals surface area contributed by atoms with Gasteiger partial charge in [0.15, 0.2) is 11.6 Å². The zero-order chi connectivity index (χ0) is 20.5. The molecule has 152 valence electrons. The molecule has 1 unspecified atom stereocenters. The van der Waals surface area contributed by atoms with Crippen LogP contribution in [0.15, 0.2) is 24.8 Å². The zero-order valence-corrected chi connectivity index (χ0v) is 15.7. The lowest BCUT2D eigenvalue weighted by atomic mass is 9.76. The Hall–Kier alpha value is -2.35. The summed E-state index contributed by atoms with van der Waals surface area (Å²) >= 11 is 0. The lowest BCUT2D eigenvalue weighted by Gasteiger charge is -2.46. The van der Waals surface area contributed by atoms with E-state index < -0.39 is 34.9 Å². The van der Waals surface area contributed by atoms with E-state index in [0.29, 0.717) is 32.5 Å². The van der Waals surface area contributed by atoms with Crippen molar-refractivity contribution in [3.63, 3.8) is 0 Å². The molecule has 1 aromatic rings. The van der Waals surface area contributed by atoms with Crippen molar-refractivity contribution >= 4 is 11.9 Å². The number of ether oxygens (including phenoxy) is 1. The van der Waals surface area contributed by atoms with Gasteiger partial charge in [-0.2, -0.15) is 0 Å². The number of hydrogen-bond acceptors (Lipinski definition) is 4. The van der Waals surface area contributed by atoms with Gasteiger partial charge in [0.1, 0.15) is 5.82 Å². The number of esters is 1. The molecule has 0 aliphatic carbocycles. The predicted octanol–water partition coefficient (Wildman–Crippen LogP) is 2.65. The Morgan fingerprint density at radius 3 is 2.54 bits per heavy atom. The Kier molecular flexibility index (Phi) is 5.79. The van der Waals surface area contributed by atoms with Crippen molar-refractivity contribution in [2.75, 3.05) is 26.7 Å². The summed E-state index contributed by atoms with van der Waals surface area (Å²) < 4.78 is 46.3. The lowest BCUT2D eigenvalue weighted by Crippen LogP contribution is -2.57. The number of carbonyl (C=O) groups excluding carboxylic acids is 2. The van der Waals surface area contributed by atoms with Gasteiger partial charge in [0.05, 0.1) is 18.6 Å². The van der Waals surface area contributed by atoms with Crippen LogP contribution >= 0.6 is 0 Å². The van der Waals surface area contributed by atoms with Gasteiger partial charge >= 0.3 is 5.97 Å². The fraction of sp³-hybridized carbons (Fsp3) is 0.500. The molecule has 8 heteroatoms. The Labute approximate surface area is 161 Å². The van der Waals surface area contributed by atoms with Crippen molar-refractivity contribution < 1.29 is 27.5 Å². The molecular formula is C20H23F3N2O3. The number of hydrogen-bond donors (Lipinski definition) is 0. The molecule has 2 fully saturated rings. The third-order valence-electron chi connectivity index (χ3n) is 5.91. The quantitative estimate of drug-likeness (QED) is 0.436. The molecule has 1 aromatic carbocycles. The maximum absolute atomic E-state index is 14.0. The summed E-state index contributed by atoms with van der Waals surface area (Å²) in [5, 5.41) is 0. The van der Waals surface area contributed by atoms with Crippen LogP contribution in [0, 0.1) is 23.4 Å². The third-order valence-corrected chi connectivity index (χ3v) is 5.91. The average Bonchev–Trinajstić information content (AvgIpc) is 2.95. The van der Waals surface area contributed by atoms with Crippen LogP contribution in [-0.2, 0) is 20.9 Å². The number of methoxy groups -OCH3 is 1. The van der Waals surface area contributed by atoms with Gasteiger partial charge in [-0.1, -0.05) is 6.08 Å². The highest BCUT2D eigenvalue weighted by atomic mass is 19.2. The molecule has 3 rings (SSSR count). The first-order chi connectivity index (χ1) is 13.3. The van der Waals surface area contributed by atoms with E-state index in [1.54, 1.807) is 15.9 Å². The molecule has 5 nitrogen and oxygen atoms in total. The Morgan fingerprint density at radius 1 is 1.29 bits per heavy atom. The second-order valence-corrected chi connectivity index (χ2v) is 7.27. The fourth-order valence-corrected chi connectivity index (χ4v) is 4.42. The number of rotatable bonds is 5. The fourth-order valence-electron chi connectivity index (χ4n) is 4.42. The number of carbonyl (C=O) groups is 2. The van der Waals surface area contributed by atoms with E-state index in [-0.39, 0.29) is 24.4 Å². The van der Waals surface area contributed by atoms with Crippen molar-refractivity contribution in [2.45, 2.75) is 31.3 Å². The molecule has 0 N–H and O–H groups in total. The summed E-state index contributed by atoms with van der Waals surface area (Å²) in [5.74, 6) is -4.22. The molecule has 28 heavy (non-hydrogen) atoms. The highest BCUT2D eigenvalue weighted by Gasteiger charge is 2.56. The Morgan fingerprint density at radius 2 is 1.93 bits per heavy atom. The molecule has 2 saturated heterocycles. The summed E-state index contributed by atoms with van der Waals surface area (Å²) in [5.41, 5.74) is -1.01. The normalized spacial score (nSPS) is 21.9. The largest absolute Gasteiger partial charge is 0.469 e. The third kappa shape index (κ3) is 3.41. The van der Waals surface area contributed by atoms with Crippen molar-refractivity contribution in [3.8, 4) is 0 Å². The minimum atomic E-state index is -1.18. The average molecular weight is 396 g/mol. The second-order valence-electron chi connectivity index (χ2n) is 7.27. The number of halogens is 3. The van der Waals surface area contributed by atoms with Crippen LogP contribution < -0.4 is 0 Å². The Bertz CT molecular complexity index is 791. The van der Waals surface area contributed by atoms with Crippen LogP contribution in [-0.4, -0.2) is 54.0 Å². The second kappa shape index (κ2) is 7.95. The molecule has 2 aliphatic rings. The maximum atomic E-state index is 14.0. The molecule has 1 spiro atoms. The molecule has 1 atom stereocenters. The first-order valence-electron chi connectivity index (χ1n) is 9.18. The van der Waals surface area contributed by atoms with Gasteiger partial charge in [-0.3, -0.25) is 14.5 Å². The number of piperidine rings is 1. The topological polar surface area (TPSA) is 49.9 Å². The minimum absolute atomic E-state index is 0.0770. The summed E-state index contributed by atoms with van der Waals surface area (Å²) in [6, 6.07) is 1.67. The van der Waals surface area contributed by atoms with E-state index in [4.69, 9.17) is 4.74 Å². The van der Waals surface area contributed by atoms with E-state index in [0.717, 1.165) is 12.1 Å². The lowest BCUT2D eigenvalue weighted by molar-refractivity contribution is -0.150.